The van der Waals surface area contributed by atoms with Crippen LogP contribution in [0.2, 0.25) is 0 Å². The van der Waals surface area contributed by atoms with E-state index in [1.807, 2.05) is 25.1 Å². The summed E-state index contributed by atoms with van der Waals surface area (Å²) in [6.07, 6.45) is 6.81. The van der Waals surface area contributed by atoms with E-state index >= 15 is 0 Å². The summed E-state index contributed by atoms with van der Waals surface area (Å²) in [4.78, 5) is 15.8. The predicted molar refractivity (Wildman–Crippen MR) is 67.1 cm³/mol. The lowest BCUT2D eigenvalue weighted by atomic mass is 10.2. The van der Waals surface area contributed by atoms with Gasteiger partial charge in [0.05, 0.1) is 18.3 Å². The van der Waals surface area contributed by atoms with Gasteiger partial charge in [-0.25, -0.2) is 0 Å². The number of hydrogen-bond donors (Lipinski definition) is 2. The molecule has 0 aliphatic rings. The van der Waals surface area contributed by atoms with E-state index in [9.17, 15) is 4.79 Å². The Morgan fingerprint density at radius 2 is 2.29 bits per heavy atom. The summed E-state index contributed by atoms with van der Waals surface area (Å²) in [6, 6.07) is 5.41. The van der Waals surface area contributed by atoms with E-state index < -0.39 is 0 Å². The van der Waals surface area contributed by atoms with Gasteiger partial charge in [0.25, 0.3) is 0 Å². The first-order chi connectivity index (χ1) is 8.15. The van der Waals surface area contributed by atoms with Crippen LogP contribution in [0.1, 0.15) is 25.6 Å². The summed E-state index contributed by atoms with van der Waals surface area (Å²) >= 11 is 0. The second-order valence-electron chi connectivity index (χ2n) is 3.79. The molecule has 0 aliphatic carbocycles. The maximum Gasteiger partial charge on any atom is 0.237 e. The van der Waals surface area contributed by atoms with Crippen LogP contribution in [0.15, 0.2) is 24.4 Å². The number of hydrogen-bond acceptors (Lipinski definition) is 3. The molecular weight excluding hydrogens is 214 g/mol. The minimum Gasteiger partial charge on any atom is -0.344 e. The monoisotopic (exact) mass is 231 g/mol. The van der Waals surface area contributed by atoms with Crippen LogP contribution in [0.3, 0.4) is 0 Å². The van der Waals surface area contributed by atoms with Gasteiger partial charge in [0.1, 0.15) is 0 Å². The average molecular weight is 231 g/mol. The lowest BCUT2D eigenvalue weighted by molar-refractivity contribution is -0.122. The highest BCUT2D eigenvalue weighted by Crippen LogP contribution is 2.08. The lowest BCUT2D eigenvalue weighted by Gasteiger charge is -2.18. The first kappa shape index (κ1) is 13.2. The molecule has 0 saturated heterocycles. The first-order valence-electron chi connectivity index (χ1n) is 5.53. The van der Waals surface area contributed by atoms with E-state index in [1.165, 1.54) is 0 Å². The highest BCUT2D eigenvalue weighted by atomic mass is 16.2. The van der Waals surface area contributed by atoms with E-state index in [4.69, 9.17) is 6.42 Å². The number of pyridine rings is 1. The predicted octanol–water partition coefficient (Wildman–Crippen LogP) is 0.870. The topological polar surface area (TPSA) is 54.0 Å². The molecule has 4 heteroatoms. The van der Waals surface area contributed by atoms with Crippen molar-refractivity contribution in [3.63, 3.8) is 0 Å². The van der Waals surface area contributed by atoms with Crippen LogP contribution in [-0.4, -0.2) is 23.5 Å². The smallest absolute Gasteiger partial charge is 0.237 e. The molecule has 2 atom stereocenters. The van der Waals surface area contributed by atoms with Crippen molar-refractivity contribution in [3.05, 3.63) is 30.1 Å². The molecule has 1 amide bonds. The number of aromatic nitrogens is 1. The molecule has 1 heterocycles. The molecule has 2 N–H and O–H groups in total. The minimum atomic E-state index is -0.305. The quantitative estimate of drug-likeness (QED) is 0.739. The van der Waals surface area contributed by atoms with Crippen LogP contribution in [0.25, 0.3) is 0 Å². The van der Waals surface area contributed by atoms with Crippen molar-refractivity contribution in [1.82, 2.24) is 15.6 Å². The summed E-state index contributed by atoms with van der Waals surface area (Å²) in [6.45, 7) is 4.02. The maximum atomic E-state index is 11.6. The minimum absolute atomic E-state index is 0.0165. The Balaban J connectivity index is 2.49. The van der Waals surface area contributed by atoms with Crippen LogP contribution in [0.4, 0.5) is 0 Å². The van der Waals surface area contributed by atoms with Gasteiger partial charge in [0, 0.05) is 12.2 Å². The fourth-order valence-electron chi connectivity index (χ4n) is 1.46. The van der Waals surface area contributed by atoms with E-state index in [0.717, 1.165) is 5.69 Å². The zero-order valence-corrected chi connectivity index (χ0v) is 10.1. The van der Waals surface area contributed by atoms with E-state index in [0.29, 0.717) is 0 Å². The zero-order valence-electron chi connectivity index (χ0n) is 10.1. The number of nitrogens with one attached hydrogen (secondary N) is 2. The molecule has 1 aromatic heterocycles. The molecule has 90 valence electrons. The van der Waals surface area contributed by atoms with Gasteiger partial charge in [-0.15, -0.1) is 6.42 Å². The van der Waals surface area contributed by atoms with E-state index in [2.05, 4.69) is 21.5 Å². The van der Waals surface area contributed by atoms with Crippen molar-refractivity contribution in [2.45, 2.75) is 25.9 Å². The van der Waals surface area contributed by atoms with Crippen LogP contribution < -0.4 is 10.6 Å². The number of carbonyl (C=O) groups is 1. The van der Waals surface area contributed by atoms with Gasteiger partial charge >= 0.3 is 0 Å². The molecule has 0 saturated carbocycles. The normalized spacial score (nSPS) is 13.5. The Kier molecular flexibility index (Phi) is 5.18. The average Bonchev–Trinajstić information content (AvgIpc) is 2.36. The van der Waals surface area contributed by atoms with Gasteiger partial charge in [-0.1, -0.05) is 12.0 Å². The van der Waals surface area contributed by atoms with Crippen molar-refractivity contribution >= 4 is 5.91 Å². The molecule has 1 rings (SSSR count). The van der Waals surface area contributed by atoms with Crippen molar-refractivity contribution < 1.29 is 4.79 Å². The van der Waals surface area contributed by atoms with Crippen molar-refractivity contribution in [2.24, 2.45) is 0 Å². The second-order valence-corrected chi connectivity index (χ2v) is 3.79. The molecule has 0 radical (unpaired) electrons. The van der Waals surface area contributed by atoms with Gasteiger partial charge in [-0.05, 0) is 26.0 Å². The van der Waals surface area contributed by atoms with E-state index in [1.54, 1.807) is 13.1 Å². The fraction of sp³-hybridized carbons (Fsp3) is 0.385. The molecule has 1 aromatic rings. The number of terminal acetylenes is 1. The lowest BCUT2D eigenvalue weighted by Crippen LogP contribution is -2.43. The summed E-state index contributed by atoms with van der Waals surface area (Å²) < 4.78 is 0. The Labute approximate surface area is 102 Å². The van der Waals surface area contributed by atoms with Crippen LogP contribution in [0.5, 0.6) is 0 Å². The van der Waals surface area contributed by atoms with Crippen LogP contribution >= 0.6 is 0 Å². The highest BCUT2D eigenvalue weighted by molar-refractivity contribution is 5.81. The zero-order chi connectivity index (χ0) is 12.7. The third-order valence-electron chi connectivity index (χ3n) is 2.39. The standard InChI is InChI=1S/C13H17N3O/c1-4-8-15-13(17)11(3)16-10(2)12-7-5-6-9-14-12/h1,5-7,9-11,16H,8H2,2-3H3,(H,15,17). The van der Waals surface area contributed by atoms with Crippen LogP contribution in [-0.2, 0) is 4.79 Å². The second kappa shape index (κ2) is 6.66. The molecule has 17 heavy (non-hydrogen) atoms. The molecule has 2 unspecified atom stereocenters. The molecule has 0 fully saturated rings. The SMILES string of the molecule is C#CCNC(=O)C(C)NC(C)c1ccccn1. The Morgan fingerprint density at radius 3 is 2.88 bits per heavy atom. The number of amides is 1. The highest BCUT2D eigenvalue weighted by Gasteiger charge is 2.15. The molecular formula is C13H17N3O. The first-order valence-corrected chi connectivity index (χ1v) is 5.53. The fourth-order valence-corrected chi connectivity index (χ4v) is 1.46. The van der Waals surface area contributed by atoms with Crippen molar-refractivity contribution in [3.8, 4) is 12.3 Å². The summed E-state index contributed by atoms with van der Waals surface area (Å²) in [5.74, 6) is 2.26. The number of carbonyl (C=O) groups excluding carboxylic acids is 1. The Morgan fingerprint density at radius 1 is 1.53 bits per heavy atom. The van der Waals surface area contributed by atoms with Crippen LogP contribution in [0, 0.1) is 12.3 Å². The summed E-state index contributed by atoms with van der Waals surface area (Å²) in [7, 11) is 0. The molecule has 0 aromatic carbocycles. The van der Waals surface area contributed by atoms with E-state index in [-0.39, 0.29) is 24.5 Å². The van der Waals surface area contributed by atoms with Gasteiger partial charge < -0.3 is 5.32 Å². The van der Waals surface area contributed by atoms with Gasteiger partial charge in [0.2, 0.25) is 5.91 Å². The number of nitrogens with zero attached hydrogens (tertiary/aromatic N) is 1. The Hall–Kier alpha value is -1.86. The molecule has 4 nitrogen and oxygen atoms in total. The summed E-state index contributed by atoms with van der Waals surface area (Å²) in [5.41, 5.74) is 0.907. The van der Waals surface area contributed by atoms with Gasteiger partial charge in [-0.3, -0.25) is 15.1 Å². The largest absolute Gasteiger partial charge is 0.344 e. The Bertz CT molecular complexity index is 397. The van der Waals surface area contributed by atoms with Crippen molar-refractivity contribution in [1.29, 1.82) is 0 Å². The summed E-state index contributed by atoms with van der Waals surface area (Å²) in [5, 5.41) is 5.79. The third kappa shape index (κ3) is 4.25. The van der Waals surface area contributed by atoms with Crippen molar-refractivity contribution in [2.75, 3.05) is 6.54 Å². The third-order valence-corrected chi connectivity index (χ3v) is 2.39. The molecule has 0 bridgehead atoms. The molecule has 0 spiro atoms. The molecule has 0 aliphatic heterocycles. The van der Waals surface area contributed by atoms with Gasteiger partial charge in [0.15, 0.2) is 0 Å². The van der Waals surface area contributed by atoms with Gasteiger partial charge in [-0.2, -0.15) is 0 Å². The number of rotatable bonds is 5. The maximum absolute atomic E-state index is 11.6.